The van der Waals surface area contributed by atoms with Gasteiger partial charge in [-0.1, -0.05) is 0 Å². The van der Waals surface area contributed by atoms with Gasteiger partial charge in [-0.05, 0) is 33.6 Å². The van der Waals surface area contributed by atoms with Gasteiger partial charge in [-0.2, -0.15) is 0 Å². The van der Waals surface area contributed by atoms with E-state index in [0.29, 0.717) is 12.8 Å². The number of esters is 2. The van der Waals surface area contributed by atoms with E-state index < -0.39 is 35.7 Å². The normalized spacial score (nSPS) is 23.6. The molecule has 2 aliphatic rings. The Labute approximate surface area is 129 Å². The van der Waals surface area contributed by atoms with E-state index in [4.69, 9.17) is 14.2 Å². The van der Waals surface area contributed by atoms with Gasteiger partial charge in [0.05, 0.1) is 37.4 Å². The van der Waals surface area contributed by atoms with Gasteiger partial charge < -0.3 is 14.2 Å². The fraction of sp³-hybridized carbons (Fsp3) is 0.667. The van der Waals surface area contributed by atoms with Crippen molar-refractivity contribution in [2.24, 2.45) is 0 Å². The molecular weight excluding hydrogens is 290 g/mol. The van der Waals surface area contributed by atoms with E-state index in [1.165, 1.54) is 19.1 Å². The van der Waals surface area contributed by atoms with Gasteiger partial charge in [-0.3, -0.25) is 4.90 Å². The van der Waals surface area contributed by atoms with Crippen LogP contribution in [0.25, 0.3) is 0 Å². The Bertz CT molecular complexity index is 511. The van der Waals surface area contributed by atoms with Crippen LogP contribution < -0.4 is 0 Å². The third-order valence-electron chi connectivity index (χ3n) is 3.76. The van der Waals surface area contributed by atoms with Crippen molar-refractivity contribution in [3.8, 4) is 0 Å². The standard InChI is InChI=1S/C15H21NO6/c1-15(2,3)22-14(19)16-8-6-7-9(16)11(13(18)21-5)10(8)12(17)20-4/h8-9H,6-7H2,1-5H3/t8-,9+. The molecule has 22 heavy (non-hydrogen) atoms. The molecule has 2 bridgehead atoms. The topological polar surface area (TPSA) is 82.1 Å². The van der Waals surface area contributed by atoms with Gasteiger partial charge in [0.2, 0.25) is 0 Å². The second kappa shape index (κ2) is 5.62. The maximum absolute atomic E-state index is 12.4. The summed E-state index contributed by atoms with van der Waals surface area (Å²) < 4.78 is 14.9. The summed E-state index contributed by atoms with van der Waals surface area (Å²) in [5, 5.41) is 0. The monoisotopic (exact) mass is 311 g/mol. The Morgan fingerprint density at radius 3 is 1.68 bits per heavy atom. The third-order valence-corrected chi connectivity index (χ3v) is 3.76. The largest absolute Gasteiger partial charge is 0.466 e. The highest BCUT2D eigenvalue weighted by Crippen LogP contribution is 2.43. The Morgan fingerprint density at radius 1 is 0.955 bits per heavy atom. The molecule has 7 nitrogen and oxygen atoms in total. The van der Waals surface area contributed by atoms with E-state index in [-0.39, 0.29) is 11.1 Å². The zero-order chi connectivity index (χ0) is 16.7. The molecule has 2 rings (SSSR count). The first-order valence-corrected chi connectivity index (χ1v) is 7.13. The van der Waals surface area contributed by atoms with Crippen molar-refractivity contribution >= 4 is 18.0 Å². The van der Waals surface area contributed by atoms with Crippen molar-refractivity contribution in [1.29, 1.82) is 0 Å². The predicted octanol–water partition coefficient (Wildman–Crippen LogP) is 1.41. The molecule has 1 saturated heterocycles. The molecule has 7 heteroatoms. The van der Waals surface area contributed by atoms with Gasteiger partial charge in [0, 0.05) is 0 Å². The molecule has 1 amide bonds. The summed E-state index contributed by atoms with van der Waals surface area (Å²) in [4.78, 5) is 37.9. The first-order valence-electron chi connectivity index (χ1n) is 7.13. The van der Waals surface area contributed by atoms with Crippen LogP contribution in [-0.4, -0.2) is 54.8 Å². The first kappa shape index (κ1) is 16.3. The molecular formula is C15H21NO6. The highest BCUT2D eigenvalue weighted by atomic mass is 16.6. The summed E-state index contributed by atoms with van der Waals surface area (Å²) in [6, 6.07) is -0.997. The number of fused-ring (bicyclic) bond motifs is 2. The lowest BCUT2D eigenvalue weighted by Gasteiger charge is -2.28. The molecule has 0 N–H and O–H groups in total. The molecule has 0 saturated carbocycles. The summed E-state index contributed by atoms with van der Waals surface area (Å²) in [5.74, 6) is -1.22. The number of rotatable bonds is 2. The Kier molecular flexibility index (Phi) is 4.17. The highest BCUT2D eigenvalue weighted by Gasteiger charge is 2.54. The zero-order valence-corrected chi connectivity index (χ0v) is 13.5. The molecule has 0 spiro atoms. The second-order valence-electron chi connectivity index (χ2n) is 6.31. The first-order chi connectivity index (χ1) is 10.2. The van der Waals surface area contributed by atoms with E-state index >= 15 is 0 Å². The average Bonchev–Trinajstić information content (AvgIpc) is 2.99. The van der Waals surface area contributed by atoms with Crippen LogP contribution in [0.1, 0.15) is 33.6 Å². The summed E-state index contributed by atoms with van der Waals surface area (Å²) >= 11 is 0. The lowest BCUT2D eigenvalue weighted by atomic mass is 9.92. The zero-order valence-electron chi connectivity index (χ0n) is 13.5. The third kappa shape index (κ3) is 2.67. The van der Waals surface area contributed by atoms with Crippen LogP contribution in [0.3, 0.4) is 0 Å². The molecule has 0 radical (unpaired) electrons. The number of nitrogens with zero attached hydrogens (tertiary/aromatic N) is 1. The van der Waals surface area contributed by atoms with Gasteiger partial charge in [0.25, 0.3) is 0 Å². The number of carbonyl (C=O) groups is 3. The smallest absolute Gasteiger partial charge is 0.411 e. The molecule has 2 atom stereocenters. The molecule has 2 aliphatic heterocycles. The maximum atomic E-state index is 12.4. The summed E-state index contributed by atoms with van der Waals surface area (Å²) in [6.07, 6.45) is 0.643. The summed E-state index contributed by atoms with van der Waals surface area (Å²) in [7, 11) is 2.49. The quantitative estimate of drug-likeness (QED) is 0.566. The summed E-state index contributed by atoms with van der Waals surface area (Å²) in [6.45, 7) is 5.29. The summed E-state index contributed by atoms with van der Waals surface area (Å²) in [5.41, 5.74) is -0.247. The molecule has 0 aliphatic carbocycles. The SMILES string of the molecule is COC(=O)C1=C(C(=O)OC)[C@@H]2CC[C@H]1N2C(=O)OC(C)(C)C. The number of hydrogen-bond donors (Lipinski definition) is 0. The van der Waals surface area contributed by atoms with Crippen LogP contribution in [0.15, 0.2) is 11.1 Å². The van der Waals surface area contributed by atoms with Crippen molar-refractivity contribution in [2.75, 3.05) is 14.2 Å². The van der Waals surface area contributed by atoms with Crippen molar-refractivity contribution < 1.29 is 28.6 Å². The van der Waals surface area contributed by atoms with Crippen LogP contribution >= 0.6 is 0 Å². The van der Waals surface area contributed by atoms with E-state index in [9.17, 15) is 14.4 Å². The van der Waals surface area contributed by atoms with E-state index in [1.807, 2.05) is 0 Å². The molecule has 122 valence electrons. The Morgan fingerprint density at radius 2 is 1.36 bits per heavy atom. The van der Waals surface area contributed by atoms with Gasteiger partial charge in [-0.15, -0.1) is 0 Å². The Balaban J connectivity index is 2.36. The average molecular weight is 311 g/mol. The number of amides is 1. The predicted molar refractivity (Wildman–Crippen MR) is 75.9 cm³/mol. The van der Waals surface area contributed by atoms with Crippen LogP contribution in [0.2, 0.25) is 0 Å². The van der Waals surface area contributed by atoms with Crippen molar-refractivity contribution in [1.82, 2.24) is 4.90 Å². The van der Waals surface area contributed by atoms with Gasteiger partial charge >= 0.3 is 18.0 Å². The number of ether oxygens (including phenoxy) is 3. The Hall–Kier alpha value is -2.05. The molecule has 0 aromatic rings. The fourth-order valence-electron chi connectivity index (χ4n) is 3.02. The lowest BCUT2D eigenvalue weighted by molar-refractivity contribution is -0.139. The van der Waals surface area contributed by atoms with E-state index in [2.05, 4.69) is 0 Å². The van der Waals surface area contributed by atoms with Gasteiger partial charge in [0.15, 0.2) is 0 Å². The molecule has 0 unspecified atom stereocenters. The number of carbonyl (C=O) groups excluding carboxylic acids is 3. The molecule has 0 aromatic heterocycles. The van der Waals surface area contributed by atoms with E-state index in [1.54, 1.807) is 20.8 Å². The minimum absolute atomic E-state index is 0.205. The second-order valence-corrected chi connectivity index (χ2v) is 6.31. The van der Waals surface area contributed by atoms with E-state index in [0.717, 1.165) is 0 Å². The highest BCUT2D eigenvalue weighted by molar-refractivity contribution is 6.04. The lowest BCUT2D eigenvalue weighted by Crippen LogP contribution is -2.42. The van der Waals surface area contributed by atoms with Crippen molar-refractivity contribution in [2.45, 2.75) is 51.3 Å². The number of hydrogen-bond acceptors (Lipinski definition) is 6. The van der Waals surface area contributed by atoms with Crippen LogP contribution in [0.4, 0.5) is 4.79 Å². The minimum atomic E-state index is -0.657. The number of methoxy groups -OCH3 is 2. The molecule has 0 aromatic carbocycles. The van der Waals surface area contributed by atoms with Crippen molar-refractivity contribution in [3.05, 3.63) is 11.1 Å². The maximum Gasteiger partial charge on any atom is 0.411 e. The van der Waals surface area contributed by atoms with Crippen LogP contribution in [0, 0.1) is 0 Å². The van der Waals surface area contributed by atoms with Crippen LogP contribution in [0.5, 0.6) is 0 Å². The molecule has 2 heterocycles. The van der Waals surface area contributed by atoms with Gasteiger partial charge in [0.1, 0.15) is 5.60 Å². The molecule has 1 fully saturated rings. The van der Waals surface area contributed by atoms with Crippen molar-refractivity contribution in [3.63, 3.8) is 0 Å². The fourth-order valence-corrected chi connectivity index (χ4v) is 3.02. The van der Waals surface area contributed by atoms with Gasteiger partial charge in [-0.25, -0.2) is 14.4 Å². The minimum Gasteiger partial charge on any atom is -0.466 e. The van der Waals surface area contributed by atoms with Crippen LogP contribution in [-0.2, 0) is 23.8 Å².